The number of ether oxygens (including phenoxy) is 1. The second kappa shape index (κ2) is 6.84. The summed E-state index contributed by atoms with van der Waals surface area (Å²) in [6.45, 7) is 7.26. The molecule has 102 valence electrons. The van der Waals surface area contributed by atoms with Crippen molar-refractivity contribution < 1.29 is 4.74 Å². The third-order valence-electron chi connectivity index (χ3n) is 3.53. The first-order valence-corrected chi connectivity index (χ1v) is 8.79. The van der Waals surface area contributed by atoms with Crippen LogP contribution in [0.1, 0.15) is 31.2 Å². The van der Waals surface area contributed by atoms with Crippen molar-refractivity contribution in [3.8, 4) is 0 Å². The highest BCUT2D eigenvalue weighted by Gasteiger charge is 2.31. The first kappa shape index (κ1) is 15.0. The lowest BCUT2D eigenvalue weighted by atomic mass is 9.83. The molecule has 0 radical (unpaired) electrons. The number of thiophene rings is 1. The molecule has 1 aromatic heterocycles. The average molecular weight is 397 g/mol. The Kier molecular flexibility index (Phi) is 5.69. The second-order valence-corrected chi connectivity index (χ2v) is 8.07. The Morgan fingerprint density at radius 2 is 2.33 bits per heavy atom. The predicted octanol–water partition coefficient (Wildman–Crippen LogP) is 4.60. The molecule has 1 saturated heterocycles. The molecule has 1 aromatic rings. The van der Waals surface area contributed by atoms with Crippen LogP contribution in [0.3, 0.4) is 0 Å². The first-order chi connectivity index (χ1) is 8.63. The van der Waals surface area contributed by atoms with Crippen molar-refractivity contribution in [2.24, 2.45) is 11.8 Å². The lowest BCUT2D eigenvalue weighted by Crippen LogP contribution is -2.36. The number of hydrogen-bond acceptors (Lipinski definition) is 3. The lowest BCUT2D eigenvalue weighted by Gasteiger charge is -2.35. The first-order valence-electron chi connectivity index (χ1n) is 6.39. The molecule has 1 fully saturated rings. The van der Waals surface area contributed by atoms with Crippen LogP contribution in [0, 0.1) is 11.8 Å². The Balaban J connectivity index is 2.21. The van der Waals surface area contributed by atoms with Crippen molar-refractivity contribution in [3.05, 3.63) is 19.2 Å². The summed E-state index contributed by atoms with van der Waals surface area (Å²) in [5, 5.41) is 3.65. The van der Waals surface area contributed by atoms with E-state index in [4.69, 9.17) is 4.74 Å². The van der Waals surface area contributed by atoms with E-state index in [-0.39, 0.29) is 0 Å². The van der Waals surface area contributed by atoms with Crippen LogP contribution in [0.15, 0.2) is 14.3 Å². The Morgan fingerprint density at radius 1 is 1.56 bits per heavy atom. The van der Waals surface area contributed by atoms with Gasteiger partial charge in [-0.2, -0.15) is 0 Å². The van der Waals surface area contributed by atoms with E-state index >= 15 is 0 Å². The molecule has 5 heteroatoms. The molecule has 3 unspecified atom stereocenters. The topological polar surface area (TPSA) is 21.3 Å². The van der Waals surface area contributed by atoms with Gasteiger partial charge in [-0.1, -0.05) is 13.8 Å². The molecule has 3 atom stereocenters. The minimum Gasteiger partial charge on any atom is -0.381 e. The maximum atomic E-state index is 5.56. The van der Waals surface area contributed by atoms with Crippen LogP contribution in [0.5, 0.6) is 0 Å². The Labute approximate surface area is 130 Å². The molecule has 0 aromatic carbocycles. The van der Waals surface area contributed by atoms with Crippen LogP contribution < -0.4 is 5.32 Å². The number of rotatable bonds is 4. The maximum absolute atomic E-state index is 5.56. The van der Waals surface area contributed by atoms with Crippen molar-refractivity contribution in [1.82, 2.24) is 5.32 Å². The second-order valence-electron chi connectivity index (χ2n) is 4.81. The molecule has 18 heavy (non-hydrogen) atoms. The van der Waals surface area contributed by atoms with E-state index < -0.39 is 0 Å². The molecule has 1 aliphatic heterocycles. The monoisotopic (exact) mass is 395 g/mol. The van der Waals surface area contributed by atoms with Crippen LogP contribution in [0.2, 0.25) is 0 Å². The van der Waals surface area contributed by atoms with Gasteiger partial charge in [0.1, 0.15) is 0 Å². The van der Waals surface area contributed by atoms with Crippen molar-refractivity contribution >= 4 is 43.2 Å². The highest BCUT2D eigenvalue weighted by atomic mass is 79.9. The van der Waals surface area contributed by atoms with Crippen molar-refractivity contribution in [1.29, 1.82) is 0 Å². The third kappa shape index (κ3) is 3.37. The maximum Gasteiger partial charge on any atom is 0.0843 e. The van der Waals surface area contributed by atoms with Crippen LogP contribution in [0.4, 0.5) is 0 Å². The van der Waals surface area contributed by atoms with E-state index in [1.807, 2.05) is 11.3 Å². The average Bonchev–Trinajstić information content (AvgIpc) is 2.68. The lowest BCUT2D eigenvalue weighted by molar-refractivity contribution is 0.0112. The highest BCUT2D eigenvalue weighted by molar-refractivity contribution is 9.13. The van der Waals surface area contributed by atoms with Gasteiger partial charge in [0.2, 0.25) is 0 Å². The predicted molar refractivity (Wildman–Crippen MR) is 84.2 cm³/mol. The smallest absolute Gasteiger partial charge is 0.0843 e. The van der Waals surface area contributed by atoms with E-state index in [0.717, 1.165) is 30.7 Å². The molecule has 1 aliphatic rings. The van der Waals surface area contributed by atoms with Crippen molar-refractivity contribution in [2.75, 3.05) is 19.8 Å². The molecule has 2 nitrogen and oxygen atoms in total. The third-order valence-corrected chi connectivity index (χ3v) is 6.87. The molecule has 0 bridgehead atoms. The molecular weight excluding hydrogens is 378 g/mol. The summed E-state index contributed by atoms with van der Waals surface area (Å²) in [5.41, 5.74) is 0. The van der Waals surface area contributed by atoms with E-state index in [1.165, 1.54) is 8.66 Å². The highest BCUT2D eigenvalue weighted by Crippen LogP contribution is 2.41. The summed E-state index contributed by atoms with van der Waals surface area (Å²) < 4.78 is 7.90. The minimum absolute atomic E-state index is 0.446. The van der Waals surface area contributed by atoms with Gasteiger partial charge in [-0.15, -0.1) is 11.3 Å². The molecule has 0 spiro atoms. The van der Waals surface area contributed by atoms with Gasteiger partial charge in [0, 0.05) is 28.6 Å². The standard InChI is InChI=1S/C13H19Br2NOS/c1-3-16-12(9-4-5-17-7-8(9)2)11-6-10(14)13(15)18-11/h6,8-9,12,16H,3-5,7H2,1-2H3. The van der Waals surface area contributed by atoms with Gasteiger partial charge in [-0.25, -0.2) is 0 Å². The Hall–Kier alpha value is 0.580. The summed E-state index contributed by atoms with van der Waals surface area (Å²) >= 11 is 9.00. The van der Waals surface area contributed by atoms with Crippen LogP contribution in [-0.4, -0.2) is 19.8 Å². The molecule has 2 heterocycles. The minimum atomic E-state index is 0.446. The normalized spacial score (nSPS) is 26.2. The van der Waals surface area contributed by atoms with Gasteiger partial charge >= 0.3 is 0 Å². The zero-order chi connectivity index (χ0) is 13.1. The molecule has 0 saturated carbocycles. The summed E-state index contributed by atoms with van der Waals surface area (Å²) in [6, 6.07) is 2.69. The zero-order valence-electron chi connectivity index (χ0n) is 10.7. The number of nitrogens with one attached hydrogen (secondary N) is 1. The van der Waals surface area contributed by atoms with Gasteiger partial charge in [-0.05, 0) is 62.7 Å². The van der Waals surface area contributed by atoms with E-state index in [9.17, 15) is 0 Å². The quantitative estimate of drug-likeness (QED) is 0.802. The molecule has 2 rings (SSSR count). The zero-order valence-corrected chi connectivity index (χ0v) is 14.7. The van der Waals surface area contributed by atoms with Gasteiger partial charge < -0.3 is 10.1 Å². The SMILES string of the molecule is CCNC(c1cc(Br)c(Br)s1)C1CCOCC1C. The van der Waals surface area contributed by atoms with Gasteiger partial charge in [0.05, 0.1) is 3.79 Å². The van der Waals surface area contributed by atoms with Gasteiger partial charge in [0.15, 0.2) is 0 Å². The fourth-order valence-corrected chi connectivity index (χ4v) is 4.83. The van der Waals surface area contributed by atoms with Gasteiger partial charge in [-0.3, -0.25) is 0 Å². The fraction of sp³-hybridized carbons (Fsp3) is 0.692. The number of hydrogen-bond donors (Lipinski definition) is 1. The summed E-state index contributed by atoms with van der Waals surface area (Å²) in [7, 11) is 0. The van der Waals surface area contributed by atoms with Crippen molar-refractivity contribution in [2.45, 2.75) is 26.3 Å². The number of halogens is 2. The van der Waals surface area contributed by atoms with Crippen LogP contribution in [0.25, 0.3) is 0 Å². The van der Waals surface area contributed by atoms with E-state index in [1.54, 1.807) is 0 Å². The molecule has 0 amide bonds. The Morgan fingerprint density at radius 3 is 2.89 bits per heavy atom. The largest absolute Gasteiger partial charge is 0.381 e. The summed E-state index contributed by atoms with van der Waals surface area (Å²) in [6.07, 6.45) is 1.14. The van der Waals surface area contributed by atoms with Gasteiger partial charge in [0.25, 0.3) is 0 Å². The fourth-order valence-electron chi connectivity index (χ4n) is 2.59. The Bertz CT molecular complexity index is 377. The van der Waals surface area contributed by atoms with Crippen LogP contribution >= 0.6 is 43.2 Å². The van der Waals surface area contributed by atoms with E-state index in [2.05, 4.69) is 57.1 Å². The molecular formula is C13H19Br2NOS. The molecule has 0 aliphatic carbocycles. The van der Waals surface area contributed by atoms with Crippen molar-refractivity contribution in [3.63, 3.8) is 0 Å². The summed E-state index contributed by atoms with van der Waals surface area (Å²) in [4.78, 5) is 1.41. The summed E-state index contributed by atoms with van der Waals surface area (Å²) in [5.74, 6) is 1.28. The van der Waals surface area contributed by atoms with E-state index in [0.29, 0.717) is 17.9 Å². The van der Waals surface area contributed by atoms with Crippen LogP contribution in [-0.2, 0) is 4.74 Å². The molecule has 1 N–H and O–H groups in total.